The summed E-state index contributed by atoms with van der Waals surface area (Å²) in [5, 5.41) is 9.47. The zero-order chi connectivity index (χ0) is 11.7. The fraction of sp³-hybridized carbons (Fsp3) is 0.250. The molecule has 0 spiro atoms. The van der Waals surface area contributed by atoms with E-state index in [0.29, 0.717) is 11.7 Å². The van der Waals surface area contributed by atoms with Gasteiger partial charge in [-0.25, -0.2) is 0 Å². The third-order valence-corrected chi connectivity index (χ3v) is 3.69. The molecule has 0 saturated carbocycles. The SMILES string of the molecule is Oc1ccc2c(c1)CC[C@H](c1ccccc1)C2. The lowest BCUT2D eigenvalue weighted by Crippen LogP contribution is -2.12. The fourth-order valence-electron chi connectivity index (χ4n) is 2.75. The van der Waals surface area contributed by atoms with Gasteiger partial charge in [-0.3, -0.25) is 0 Å². The van der Waals surface area contributed by atoms with Gasteiger partial charge in [-0.2, -0.15) is 0 Å². The van der Waals surface area contributed by atoms with E-state index in [-0.39, 0.29) is 0 Å². The maximum atomic E-state index is 9.47. The molecule has 0 saturated heterocycles. The highest BCUT2D eigenvalue weighted by atomic mass is 16.3. The smallest absolute Gasteiger partial charge is 0.115 e. The van der Waals surface area contributed by atoms with Crippen molar-refractivity contribution in [2.24, 2.45) is 0 Å². The van der Waals surface area contributed by atoms with Gasteiger partial charge in [0.2, 0.25) is 0 Å². The first-order chi connectivity index (χ1) is 8.33. The molecule has 1 N–H and O–H groups in total. The number of rotatable bonds is 1. The molecule has 0 unspecified atom stereocenters. The van der Waals surface area contributed by atoms with E-state index < -0.39 is 0 Å². The molecular formula is C16H16O. The third-order valence-electron chi connectivity index (χ3n) is 3.69. The van der Waals surface area contributed by atoms with Crippen molar-refractivity contribution in [3.05, 3.63) is 65.2 Å². The van der Waals surface area contributed by atoms with Gasteiger partial charge in [-0.15, -0.1) is 0 Å². The van der Waals surface area contributed by atoms with Crippen LogP contribution in [0, 0.1) is 0 Å². The number of phenolic OH excluding ortho intramolecular Hbond substituents is 1. The Morgan fingerprint density at radius 1 is 0.941 bits per heavy atom. The number of phenols is 1. The summed E-state index contributed by atoms with van der Waals surface area (Å²) in [6, 6.07) is 16.5. The monoisotopic (exact) mass is 224 g/mol. The normalized spacial score (nSPS) is 18.7. The standard InChI is InChI=1S/C16H16O/c17-16-9-8-14-10-13(6-7-15(14)11-16)12-4-2-1-3-5-12/h1-5,8-9,11,13,17H,6-7,10H2/t13-/m0/s1. The number of fused-ring (bicyclic) bond motifs is 1. The van der Waals surface area contributed by atoms with Crippen LogP contribution in [-0.2, 0) is 12.8 Å². The molecule has 2 aromatic carbocycles. The quantitative estimate of drug-likeness (QED) is 0.783. The lowest BCUT2D eigenvalue weighted by Gasteiger charge is -2.25. The molecule has 1 aliphatic carbocycles. The van der Waals surface area contributed by atoms with Crippen LogP contribution in [0.2, 0.25) is 0 Å². The minimum Gasteiger partial charge on any atom is -0.508 e. The maximum Gasteiger partial charge on any atom is 0.115 e. The van der Waals surface area contributed by atoms with Gasteiger partial charge in [0, 0.05) is 0 Å². The Morgan fingerprint density at radius 3 is 2.59 bits per heavy atom. The molecule has 3 rings (SSSR count). The summed E-state index contributed by atoms with van der Waals surface area (Å²) in [5.74, 6) is 1.02. The highest BCUT2D eigenvalue weighted by Crippen LogP contribution is 2.33. The van der Waals surface area contributed by atoms with Crippen LogP contribution in [0.1, 0.15) is 29.0 Å². The van der Waals surface area contributed by atoms with Crippen molar-refractivity contribution < 1.29 is 5.11 Å². The lowest BCUT2D eigenvalue weighted by molar-refractivity contribution is 0.472. The molecule has 0 heterocycles. The Bertz CT molecular complexity index is 516. The van der Waals surface area contributed by atoms with Crippen LogP contribution in [0.3, 0.4) is 0 Å². The van der Waals surface area contributed by atoms with Crippen molar-refractivity contribution in [1.29, 1.82) is 0 Å². The molecule has 1 atom stereocenters. The van der Waals surface area contributed by atoms with E-state index >= 15 is 0 Å². The van der Waals surface area contributed by atoms with Gasteiger partial charge < -0.3 is 5.11 Å². The minimum absolute atomic E-state index is 0.391. The Morgan fingerprint density at radius 2 is 1.76 bits per heavy atom. The number of aryl methyl sites for hydroxylation is 1. The molecule has 17 heavy (non-hydrogen) atoms. The predicted molar refractivity (Wildman–Crippen MR) is 69.3 cm³/mol. The molecule has 0 fully saturated rings. The Kier molecular flexibility index (Phi) is 2.60. The van der Waals surface area contributed by atoms with Crippen molar-refractivity contribution in [2.45, 2.75) is 25.2 Å². The predicted octanol–water partition coefficient (Wildman–Crippen LogP) is 3.66. The molecule has 2 aromatic rings. The molecule has 0 radical (unpaired) electrons. The minimum atomic E-state index is 0.391. The van der Waals surface area contributed by atoms with Gasteiger partial charge >= 0.3 is 0 Å². The second-order valence-corrected chi connectivity index (χ2v) is 4.80. The largest absolute Gasteiger partial charge is 0.508 e. The molecule has 0 bridgehead atoms. The van der Waals surface area contributed by atoms with Gasteiger partial charge in [-0.05, 0) is 54.0 Å². The number of benzene rings is 2. The molecule has 86 valence electrons. The summed E-state index contributed by atoms with van der Waals surface area (Å²) in [5.41, 5.74) is 4.14. The van der Waals surface area contributed by atoms with Crippen molar-refractivity contribution >= 4 is 0 Å². The number of aromatic hydroxyl groups is 1. The topological polar surface area (TPSA) is 20.2 Å². The van der Waals surface area contributed by atoms with E-state index in [1.165, 1.54) is 23.1 Å². The second kappa shape index (κ2) is 4.25. The van der Waals surface area contributed by atoms with Crippen molar-refractivity contribution in [1.82, 2.24) is 0 Å². The van der Waals surface area contributed by atoms with Crippen molar-refractivity contribution in [3.8, 4) is 5.75 Å². The zero-order valence-electron chi connectivity index (χ0n) is 9.76. The molecule has 0 amide bonds. The summed E-state index contributed by atoms with van der Waals surface area (Å²) in [4.78, 5) is 0. The Balaban J connectivity index is 1.88. The maximum absolute atomic E-state index is 9.47. The van der Waals surface area contributed by atoms with E-state index in [9.17, 15) is 5.11 Å². The van der Waals surface area contributed by atoms with Gasteiger partial charge in [0.15, 0.2) is 0 Å². The molecular weight excluding hydrogens is 208 g/mol. The summed E-state index contributed by atoms with van der Waals surface area (Å²) in [6.45, 7) is 0. The van der Waals surface area contributed by atoms with Crippen LogP contribution in [0.5, 0.6) is 5.75 Å². The zero-order valence-corrected chi connectivity index (χ0v) is 9.76. The molecule has 1 heteroatoms. The van der Waals surface area contributed by atoms with Crippen molar-refractivity contribution in [2.75, 3.05) is 0 Å². The fourth-order valence-corrected chi connectivity index (χ4v) is 2.75. The first-order valence-electron chi connectivity index (χ1n) is 6.18. The van der Waals surface area contributed by atoms with E-state index in [0.717, 1.165) is 12.8 Å². The van der Waals surface area contributed by atoms with Crippen molar-refractivity contribution in [3.63, 3.8) is 0 Å². The number of hydrogen-bond donors (Lipinski definition) is 1. The average molecular weight is 224 g/mol. The van der Waals surface area contributed by atoms with E-state index in [2.05, 4.69) is 36.4 Å². The van der Waals surface area contributed by atoms with Crippen LogP contribution in [0.4, 0.5) is 0 Å². The van der Waals surface area contributed by atoms with Crippen LogP contribution in [-0.4, -0.2) is 5.11 Å². The summed E-state index contributed by atoms with van der Waals surface area (Å²) in [6.07, 6.45) is 3.35. The van der Waals surface area contributed by atoms with Gasteiger partial charge in [0.25, 0.3) is 0 Å². The van der Waals surface area contributed by atoms with Crippen LogP contribution in [0.15, 0.2) is 48.5 Å². The average Bonchev–Trinajstić information content (AvgIpc) is 2.39. The first-order valence-corrected chi connectivity index (χ1v) is 6.18. The summed E-state index contributed by atoms with van der Waals surface area (Å²) in [7, 11) is 0. The van der Waals surface area contributed by atoms with Gasteiger partial charge in [0.05, 0.1) is 0 Å². The number of hydrogen-bond acceptors (Lipinski definition) is 1. The third kappa shape index (κ3) is 2.05. The van der Waals surface area contributed by atoms with Crippen LogP contribution < -0.4 is 0 Å². The molecule has 1 nitrogen and oxygen atoms in total. The molecule has 0 aliphatic heterocycles. The van der Waals surface area contributed by atoms with E-state index in [4.69, 9.17) is 0 Å². The highest BCUT2D eigenvalue weighted by Gasteiger charge is 2.19. The summed E-state index contributed by atoms with van der Waals surface area (Å²) < 4.78 is 0. The Hall–Kier alpha value is -1.76. The van der Waals surface area contributed by atoms with Crippen LogP contribution >= 0.6 is 0 Å². The first kappa shape index (κ1) is 10.4. The second-order valence-electron chi connectivity index (χ2n) is 4.80. The van der Waals surface area contributed by atoms with Gasteiger partial charge in [0.1, 0.15) is 5.75 Å². The summed E-state index contributed by atoms with van der Waals surface area (Å²) >= 11 is 0. The van der Waals surface area contributed by atoms with E-state index in [1.807, 2.05) is 6.07 Å². The highest BCUT2D eigenvalue weighted by molar-refractivity contribution is 5.38. The van der Waals surface area contributed by atoms with Gasteiger partial charge in [-0.1, -0.05) is 36.4 Å². The molecule has 0 aromatic heterocycles. The Labute approximate surface area is 102 Å². The molecule has 1 aliphatic rings. The lowest BCUT2D eigenvalue weighted by atomic mass is 9.80. The van der Waals surface area contributed by atoms with E-state index in [1.54, 1.807) is 6.07 Å². The van der Waals surface area contributed by atoms with Crippen LogP contribution in [0.25, 0.3) is 0 Å².